The fraction of sp³-hybridized carbons (Fsp3) is 0.615. The first-order valence-corrected chi connectivity index (χ1v) is 7.13. The number of hydrogen-bond donors (Lipinski definition) is 2. The molecule has 0 bridgehead atoms. The van der Waals surface area contributed by atoms with E-state index in [1.54, 1.807) is 11.5 Å². The van der Waals surface area contributed by atoms with E-state index in [0.717, 1.165) is 0 Å². The second kappa shape index (κ2) is 5.08. The van der Waals surface area contributed by atoms with Crippen molar-refractivity contribution in [1.82, 2.24) is 19.5 Å². The van der Waals surface area contributed by atoms with E-state index in [0.29, 0.717) is 5.65 Å². The molecule has 0 saturated carbocycles. The zero-order valence-corrected chi connectivity index (χ0v) is 12.5. The van der Waals surface area contributed by atoms with Gasteiger partial charge in [0.15, 0.2) is 17.4 Å². The molecule has 23 heavy (non-hydrogen) atoms. The van der Waals surface area contributed by atoms with Gasteiger partial charge in [-0.05, 0) is 0 Å². The highest BCUT2D eigenvalue weighted by atomic mass is 16.9. The van der Waals surface area contributed by atoms with Crippen molar-refractivity contribution in [1.29, 1.82) is 0 Å². The SMILES string of the molecule is COC1(C)OC2C(CO)OC(n3cnc4c(=O)[nH]cnc43)C2O1. The maximum Gasteiger partial charge on any atom is 0.280 e. The number of ether oxygens (including phenoxy) is 4. The van der Waals surface area contributed by atoms with Crippen LogP contribution in [0.1, 0.15) is 13.2 Å². The number of methoxy groups -OCH3 is 1. The molecule has 10 nitrogen and oxygen atoms in total. The van der Waals surface area contributed by atoms with Gasteiger partial charge in [0.25, 0.3) is 11.5 Å². The van der Waals surface area contributed by atoms with E-state index in [4.69, 9.17) is 18.9 Å². The van der Waals surface area contributed by atoms with Gasteiger partial charge in [-0.1, -0.05) is 0 Å². The topological polar surface area (TPSA) is 121 Å². The number of nitrogens with zero attached hydrogens (tertiary/aromatic N) is 3. The third-order valence-corrected chi connectivity index (χ3v) is 4.18. The number of aromatic nitrogens is 4. The second-order valence-corrected chi connectivity index (χ2v) is 5.53. The maximum atomic E-state index is 11.8. The van der Waals surface area contributed by atoms with Gasteiger partial charge in [-0.2, -0.15) is 0 Å². The first-order chi connectivity index (χ1) is 11.1. The van der Waals surface area contributed by atoms with Gasteiger partial charge in [0.05, 0.1) is 19.3 Å². The first-order valence-electron chi connectivity index (χ1n) is 7.13. The van der Waals surface area contributed by atoms with E-state index in [2.05, 4.69) is 15.0 Å². The summed E-state index contributed by atoms with van der Waals surface area (Å²) < 4.78 is 24.2. The predicted octanol–water partition coefficient (Wildman–Crippen LogP) is -0.887. The Labute approximate surface area is 130 Å². The zero-order chi connectivity index (χ0) is 16.2. The Morgan fingerprint density at radius 3 is 2.96 bits per heavy atom. The molecule has 2 aromatic heterocycles. The van der Waals surface area contributed by atoms with Crippen LogP contribution in [0.4, 0.5) is 0 Å². The highest BCUT2D eigenvalue weighted by Gasteiger charge is 2.57. The smallest absolute Gasteiger partial charge is 0.280 e. The molecule has 2 aliphatic rings. The lowest BCUT2D eigenvalue weighted by Crippen LogP contribution is -2.34. The lowest BCUT2D eigenvalue weighted by molar-refractivity contribution is -0.336. The quantitative estimate of drug-likeness (QED) is 0.746. The number of nitrogens with one attached hydrogen (secondary N) is 1. The van der Waals surface area contributed by atoms with Crippen LogP contribution in [0.3, 0.4) is 0 Å². The monoisotopic (exact) mass is 324 g/mol. The summed E-state index contributed by atoms with van der Waals surface area (Å²) in [5.74, 6) is -1.22. The Balaban J connectivity index is 1.76. The molecule has 4 rings (SSSR count). The fourth-order valence-corrected chi connectivity index (χ4v) is 3.01. The number of fused-ring (bicyclic) bond motifs is 2. The summed E-state index contributed by atoms with van der Waals surface area (Å²) in [6.07, 6.45) is 0.490. The maximum absolute atomic E-state index is 11.8. The molecule has 2 aliphatic heterocycles. The molecule has 5 atom stereocenters. The Hall–Kier alpha value is -1.85. The van der Waals surface area contributed by atoms with Gasteiger partial charge in [0.1, 0.15) is 18.3 Å². The van der Waals surface area contributed by atoms with E-state index in [1.165, 1.54) is 19.8 Å². The van der Waals surface area contributed by atoms with Gasteiger partial charge in [0.2, 0.25) is 0 Å². The van der Waals surface area contributed by atoms with Gasteiger partial charge in [-0.3, -0.25) is 9.36 Å². The lowest BCUT2D eigenvalue weighted by atomic mass is 10.1. The van der Waals surface area contributed by atoms with Gasteiger partial charge in [0, 0.05) is 14.0 Å². The molecular formula is C13H16N4O6. The third kappa shape index (κ3) is 2.11. The summed E-state index contributed by atoms with van der Waals surface area (Å²) in [5.41, 5.74) is 0.228. The average molecular weight is 324 g/mol. The summed E-state index contributed by atoms with van der Waals surface area (Å²) in [6, 6.07) is 0. The van der Waals surface area contributed by atoms with Crippen LogP contribution in [0, 0.1) is 0 Å². The summed E-state index contributed by atoms with van der Waals surface area (Å²) >= 11 is 0. The molecular weight excluding hydrogens is 308 g/mol. The Morgan fingerprint density at radius 2 is 2.22 bits per heavy atom. The molecule has 2 aromatic rings. The number of rotatable bonds is 3. The second-order valence-electron chi connectivity index (χ2n) is 5.53. The van der Waals surface area contributed by atoms with Gasteiger partial charge in [-0.15, -0.1) is 0 Å². The van der Waals surface area contributed by atoms with Crippen LogP contribution in [0.25, 0.3) is 11.2 Å². The van der Waals surface area contributed by atoms with E-state index >= 15 is 0 Å². The number of aliphatic hydroxyl groups is 1. The molecule has 0 spiro atoms. The molecule has 5 unspecified atom stereocenters. The van der Waals surface area contributed by atoms with E-state index in [9.17, 15) is 9.90 Å². The molecule has 0 aliphatic carbocycles. The zero-order valence-electron chi connectivity index (χ0n) is 12.5. The van der Waals surface area contributed by atoms with Crippen molar-refractivity contribution in [3.63, 3.8) is 0 Å². The largest absolute Gasteiger partial charge is 0.394 e. The number of H-pyrrole nitrogens is 1. The van der Waals surface area contributed by atoms with Crippen molar-refractivity contribution in [2.24, 2.45) is 0 Å². The predicted molar refractivity (Wildman–Crippen MR) is 74.3 cm³/mol. The highest BCUT2D eigenvalue weighted by molar-refractivity contribution is 5.68. The van der Waals surface area contributed by atoms with Crippen molar-refractivity contribution in [3.05, 3.63) is 23.0 Å². The summed E-state index contributed by atoms with van der Waals surface area (Å²) in [5, 5.41) is 9.53. The average Bonchev–Trinajstić information content (AvgIpc) is 3.19. The minimum absolute atomic E-state index is 0.202. The van der Waals surface area contributed by atoms with Crippen molar-refractivity contribution in [3.8, 4) is 0 Å². The lowest BCUT2D eigenvalue weighted by Gasteiger charge is -2.25. The first kappa shape index (κ1) is 14.7. The molecule has 124 valence electrons. The van der Waals surface area contributed by atoms with Gasteiger partial charge in [-0.25, -0.2) is 9.97 Å². The molecule has 2 N–H and O–H groups in total. The number of aromatic amines is 1. The highest BCUT2D eigenvalue weighted by Crippen LogP contribution is 2.43. The molecule has 2 saturated heterocycles. The molecule has 10 heteroatoms. The van der Waals surface area contributed by atoms with Crippen LogP contribution in [-0.2, 0) is 18.9 Å². The Kier molecular flexibility index (Phi) is 3.25. The normalized spacial score (nSPS) is 36.7. The summed E-state index contributed by atoms with van der Waals surface area (Å²) in [4.78, 5) is 22.5. The Bertz CT molecular complexity index is 790. The van der Waals surface area contributed by atoms with E-state index in [-0.39, 0.29) is 17.7 Å². The van der Waals surface area contributed by atoms with Crippen molar-refractivity contribution in [2.45, 2.75) is 37.4 Å². The van der Waals surface area contributed by atoms with Crippen LogP contribution >= 0.6 is 0 Å². The number of imidazole rings is 1. The number of hydrogen-bond acceptors (Lipinski definition) is 8. The minimum atomic E-state index is -1.22. The molecule has 4 heterocycles. The van der Waals surface area contributed by atoms with Gasteiger partial charge < -0.3 is 29.0 Å². The third-order valence-electron chi connectivity index (χ3n) is 4.18. The van der Waals surface area contributed by atoms with Crippen molar-refractivity contribution < 1.29 is 24.1 Å². The van der Waals surface area contributed by atoms with Crippen LogP contribution < -0.4 is 5.56 Å². The molecule has 0 radical (unpaired) electrons. The summed E-state index contributed by atoms with van der Waals surface area (Å²) in [6.45, 7) is 1.41. The standard InChI is InChI=1S/C13H16N4O6/c1-13(20-2)22-8-6(3-18)21-12(9(8)23-13)17-5-16-7-10(17)14-4-15-11(7)19/h4-6,8-9,12,18H,3H2,1-2H3,(H,14,15,19). The van der Waals surface area contributed by atoms with Crippen molar-refractivity contribution in [2.75, 3.05) is 13.7 Å². The fourth-order valence-electron chi connectivity index (χ4n) is 3.01. The Morgan fingerprint density at radius 1 is 1.43 bits per heavy atom. The molecule has 2 fully saturated rings. The summed E-state index contributed by atoms with van der Waals surface area (Å²) in [7, 11) is 1.47. The van der Waals surface area contributed by atoms with Crippen LogP contribution in [0.5, 0.6) is 0 Å². The van der Waals surface area contributed by atoms with Crippen LogP contribution in [0.15, 0.2) is 17.4 Å². The van der Waals surface area contributed by atoms with Gasteiger partial charge >= 0.3 is 0 Å². The molecule has 0 amide bonds. The molecule has 0 aromatic carbocycles. The van der Waals surface area contributed by atoms with E-state index in [1.807, 2.05) is 0 Å². The number of aliphatic hydroxyl groups excluding tert-OH is 1. The minimum Gasteiger partial charge on any atom is -0.394 e. The van der Waals surface area contributed by atoms with Crippen molar-refractivity contribution >= 4 is 11.2 Å². The van der Waals surface area contributed by atoms with Crippen LogP contribution in [0.2, 0.25) is 0 Å². The van der Waals surface area contributed by atoms with E-state index < -0.39 is 30.5 Å². The van der Waals surface area contributed by atoms with Crippen LogP contribution in [-0.4, -0.2) is 62.6 Å².